The summed E-state index contributed by atoms with van der Waals surface area (Å²) in [5.41, 5.74) is 9.49. The van der Waals surface area contributed by atoms with Crippen LogP contribution in [0, 0.1) is 23.7 Å². The van der Waals surface area contributed by atoms with Crippen LogP contribution in [0.5, 0.6) is 0 Å². The first-order valence-electron chi connectivity index (χ1n) is 14.9. The van der Waals surface area contributed by atoms with E-state index in [9.17, 15) is 14.4 Å². The van der Waals surface area contributed by atoms with Gasteiger partial charge in [0.2, 0.25) is 11.8 Å². The highest BCUT2D eigenvalue weighted by molar-refractivity contribution is 6.06. The van der Waals surface area contributed by atoms with Gasteiger partial charge in [-0.1, -0.05) is 95.3 Å². The Morgan fingerprint density at radius 3 is 2.31 bits per heavy atom. The zero-order valence-corrected chi connectivity index (χ0v) is 23.8. The molecule has 0 aromatic heterocycles. The van der Waals surface area contributed by atoms with E-state index in [4.69, 9.17) is 5.73 Å². The minimum atomic E-state index is -0.834. The molecule has 6 heteroatoms. The normalized spacial score (nSPS) is 19.1. The second-order valence-electron chi connectivity index (χ2n) is 11.9. The van der Waals surface area contributed by atoms with Gasteiger partial charge in [0, 0.05) is 23.9 Å². The van der Waals surface area contributed by atoms with Crippen LogP contribution in [-0.4, -0.2) is 24.3 Å². The monoisotopic (exact) mass is 531 g/mol. The largest absolute Gasteiger partial charge is 0.369 e. The summed E-state index contributed by atoms with van der Waals surface area (Å²) in [6, 6.07) is 15.1. The van der Waals surface area contributed by atoms with E-state index >= 15 is 0 Å². The average molecular weight is 532 g/mol. The number of carbonyl (C=O) groups excluding carboxylic acids is 3. The molecule has 1 fully saturated rings. The maximum absolute atomic E-state index is 14.4. The lowest BCUT2D eigenvalue weighted by molar-refractivity contribution is -0.136. The molecule has 2 aliphatic rings. The smallest absolute Gasteiger partial charge is 0.254 e. The van der Waals surface area contributed by atoms with Crippen molar-refractivity contribution in [2.24, 2.45) is 29.4 Å². The van der Waals surface area contributed by atoms with Gasteiger partial charge >= 0.3 is 0 Å². The summed E-state index contributed by atoms with van der Waals surface area (Å²) in [5, 5.41) is 3.15. The van der Waals surface area contributed by atoms with Crippen molar-refractivity contribution in [2.45, 2.75) is 84.6 Å². The van der Waals surface area contributed by atoms with Gasteiger partial charge in [0.05, 0.1) is 5.69 Å². The van der Waals surface area contributed by atoms with Crippen molar-refractivity contribution in [3.8, 4) is 11.1 Å². The molecular weight excluding hydrogens is 486 g/mol. The molecule has 4 rings (SSSR count). The Kier molecular flexibility index (Phi) is 9.82. The van der Waals surface area contributed by atoms with Crippen LogP contribution in [0.1, 0.15) is 90.2 Å². The number of benzene rings is 2. The minimum Gasteiger partial charge on any atom is -0.369 e. The molecule has 0 bridgehead atoms. The van der Waals surface area contributed by atoms with E-state index in [-0.39, 0.29) is 17.7 Å². The number of unbranched alkanes of at least 4 members (excludes halogenated alkanes) is 1. The number of primary amides is 1. The number of anilines is 1. The summed E-state index contributed by atoms with van der Waals surface area (Å²) in [6.45, 7) is 6.81. The van der Waals surface area contributed by atoms with Gasteiger partial charge in [0.15, 0.2) is 0 Å². The van der Waals surface area contributed by atoms with Gasteiger partial charge in [-0.3, -0.25) is 14.4 Å². The molecule has 1 heterocycles. The van der Waals surface area contributed by atoms with Crippen LogP contribution in [0.3, 0.4) is 0 Å². The van der Waals surface area contributed by atoms with E-state index in [1.807, 2.05) is 61.2 Å². The first kappa shape index (κ1) is 28.8. The SMILES string of the molecule is CCCCC(C(N)=O)[C@H](CC(C)C)C(=O)N[C@@H]1C(=O)N(CC2CCCCC2)c2ccccc2-c2ccccc21. The molecule has 0 radical (unpaired) electrons. The molecule has 1 saturated carbocycles. The van der Waals surface area contributed by atoms with Crippen LogP contribution in [0.2, 0.25) is 0 Å². The number of nitrogens with zero attached hydrogens (tertiary/aromatic N) is 1. The van der Waals surface area contributed by atoms with E-state index < -0.39 is 23.8 Å². The van der Waals surface area contributed by atoms with Gasteiger partial charge in [-0.2, -0.15) is 0 Å². The molecule has 39 heavy (non-hydrogen) atoms. The number of amides is 3. The van der Waals surface area contributed by atoms with Crippen molar-refractivity contribution in [2.75, 3.05) is 11.4 Å². The van der Waals surface area contributed by atoms with Crippen molar-refractivity contribution in [3.63, 3.8) is 0 Å². The molecule has 210 valence electrons. The summed E-state index contributed by atoms with van der Waals surface area (Å²) in [7, 11) is 0. The zero-order valence-electron chi connectivity index (χ0n) is 23.8. The van der Waals surface area contributed by atoms with E-state index in [1.54, 1.807) is 0 Å². The van der Waals surface area contributed by atoms with E-state index in [0.717, 1.165) is 48.1 Å². The molecule has 0 spiro atoms. The van der Waals surface area contributed by atoms with Gasteiger partial charge in [-0.25, -0.2) is 0 Å². The maximum atomic E-state index is 14.4. The van der Waals surface area contributed by atoms with Gasteiger partial charge in [-0.05, 0) is 54.7 Å². The Morgan fingerprint density at radius 2 is 1.64 bits per heavy atom. The van der Waals surface area contributed by atoms with Crippen LogP contribution < -0.4 is 16.0 Å². The van der Waals surface area contributed by atoms with Crippen molar-refractivity contribution in [3.05, 3.63) is 54.1 Å². The lowest BCUT2D eigenvalue weighted by Gasteiger charge is -2.33. The molecular formula is C33H45N3O3. The highest BCUT2D eigenvalue weighted by Gasteiger charge is 2.39. The molecule has 3 amide bonds. The average Bonchev–Trinajstić information content (AvgIpc) is 3.02. The second kappa shape index (κ2) is 13.3. The van der Waals surface area contributed by atoms with Crippen LogP contribution in [0.4, 0.5) is 5.69 Å². The summed E-state index contributed by atoms with van der Waals surface area (Å²) in [4.78, 5) is 42.9. The fraction of sp³-hybridized carbons (Fsp3) is 0.545. The number of nitrogens with two attached hydrogens (primary N) is 1. The first-order valence-corrected chi connectivity index (χ1v) is 14.9. The Bertz CT molecular complexity index is 1150. The van der Waals surface area contributed by atoms with Gasteiger partial charge in [-0.15, -0.1) is 0 Å². The first-order chi connectivity index (χ1) is 18.8. The maximum Gasteiger partial charge on any atom is 0.254 e. The second-order valence-corrected chi connectivity index (χ2v) is 11.9. The summed E-state index contributed by atoms with van der Waals surface area (Å²) < 4.78 is 0. The molecule has 1 unspecified atom stereocenters. The zero-order chi connectivity index (χ0) is 27.9. The standard InChI is InChI=1S/C33H45N3O3/c1-4-5-15-27(31(34)37)28(20-22(2)3)32(38)35-30-26-18-10-9-16-24(26)25-17-11-12-19-29(25)36(33(30)39)21-23-13-7-6-8-14-23/h9-12,16-19,22-23,27-28,30H,4-8,13-15,20-21H2,1-3H3,(H2,34,37)(H,35,38)/t27?,28-,30-/m0/s1. The molecule has 1 aliphatic carbocycles. The molecule has 2 aromatic carbocycles. The number of hydrogen-bond acceptors (Lipinski definition) is 3. The predicted molar refractivity (Wildman–Crippen MR) is 157 cm³/mol. The van der Waals surface area contributed by atoms with Gasteiger partial charge < -0.3 is 16.0 Å². The third-order valence-corrected chi connectivity index (χ3v) is 8.50. The highest BCUT2D eigenvalue weighted by Crippen LogP contribution is 2.41. The number of para-hydroxylation sites is 1. The van der Waals surface area contributed by atoms with Gasteiger partial charge in [0.1, 0.15) is 6.04 Å². The Hall–Kier alpha value is -3.15. The van der Waals surface area contributed by atoms with Crippen molar-refractivity contribution in [1.82, 2.24) is 5.32 Å². The molecule has 2 aromatic rings. The third-order valence-electron chi connectivity index (χ3n) is 8.50. The topological polar surface area (TPSA) is 92.5 Å². The lowest BCUT2D eigenvalue weighted by Crippen LogP contribution is -2.48. The molecule has 6 nitrogen and oxygen atoms in total. The number of hydrogen-bond donors (Lipinski definition) is 2. The van der Waals surface area contributed by atoms with Crippen LogP contribution >= 0.6 is 0 Å². The molecule has 1 aliphatic heterocycles. The third kappa shape index (κ3) is 6.71. The molecule has 0 saturated heterocycles. The van der Waals surface area contributed by atoms with Crippen LogP contribution in [0.15, 0.2) is 48.5 Å². The number of fused-ring (bicyclic) bond motifs is 3. The van der Waals surface area contributed by atoms with Crippen LogP contribution in [-0.2, 0) is 14.4 Å². The molecule has 3 N–H and O–H groups in total. The minimum absolute atomic E-state index is 0.112. The van der Waals surface area contributed by atoms with Crippen molar-refractivity contribution < 1.29 is 14.4 Å². The summed E-state index contributed by atoms with van der Waals surface area (Å²) in [5.74, 6) is -1.31. The Balaban J connectivity index is 1.73. The number of nitrogens with one attached hydrogen (secondary N) is 1. The lowest BCUT2D eigenvalue weighted by atomic mass is 9.81. The highest BCUT2D eigenvalue weighted by atomic mass is 16.2. The fourth-order valence-corrected chi connectivity index (χ4v) is 6.47. The van der Waals surface area contributed by atoms with E-state index in [2.05, 4.69) is 18.3 Å². The van der Waals surface area contributed by atoms with E-state index in [0.29, 0.717) is 25.3 Å². The predicted octanol–water partition coefficient (Wildman–Crippen LogP) is 6.39. The van der Waals surface area contributed by atoms with Crippen LogP contribution in [0.25, 0.3) is 11.1 Å². The molecule has 3 atom stereocenters. The number of rotatable bonds is 11. The summed E-state index contributed by atoms with van der Waals surface area (Å²) >= 11 is 0. The van der Waals surface area contributed by atoms with Crippen molar-refractivity contribution in [1.29, 1.82) is 0 Å². The number of carbonyl (C=O) groups is 3. The van der Waals surface area contributed by atoms with E-state index in [1.165, 1.54) is 19.3 Å². The van der Waals surface area contributed by atoms with Crippen molar-refractivity contribution >= 4 is 23.4 Å². The fourth-order valence-electron chi connectivity index (χ4n) is 6.47. The Labute approximate surface area is 233 Å². The Morgan fingerprint density at radius 1 is 0.974 bits per heavy atom. The summed E-state index contributed by atoms with van der Waals surface area (Å²) in [6.07, 6.45) is 8.72. The van der Waals surface area contributed by atoms with Gasteiger partial charge in [0.25, 0.3) is 5.91 Å². The quantitative estimate of drug-likeness (QED) is 0.352.